The average Bonchev–Trinajstić information content (AvgIpc) is 3.48. The van der Waals surface area contributed by atoms with Crippen LogP contribution in [0.1, 0.15) is 44.6 Å². The van der Waals surface area contributed by atoms with E-state index < -0.39 is 23.0 Å². The van der Waals surface area contributed by atoms with Crippen molar-refractivity contribution in [1.82, 2.24) is 20.4 Å². The lowest BCUT2D eigenvalue weighted by molar-refractivity contribution is -0.384. The number of nitrogens with one attached hydrogen (secondary N) is 2. The third kappa shape index (κ3) is 4.81. The van der Waals surface area contributed by atoms with Crippen LogP contribution in [-0.2, 0) is 16.1 Å². The number of hydrogen-bond acceptors (Lipinski definition) is 6. The van der Waals surface area contributed by atoms with Crippen molar-refractivity contribution in [2.75, 3.05) is 13.1 Å². The van der Waals surface area contributed by atoms with Gasteiger partial charge in [0.1, 0.15) is 11.8 Å². The maximum atomic E-state index is 13.8. The highest BCUT2D eigenvalue weighted by Crippen LogP contribution is 2.38. The fraction of sp³-hybridized carbons (Fsp3) is 0.400. The van der Waals surface area contributed by atoms with E-state index in [0.29, 0.717) is 35.6 Å². The molecule has 2 aliphatic rings. The number of carbonyl (C=O) groups excluding carboxylic acids is 3. The van der Waals surface area contributed by atoms with Crippen LogP contribution in [0.3, 0.4) is 0 Å². The van der Waals surface area contributed by atoms with E-state index in [9.17, 15) is 24.5 Å². The number of amides is 4. The number of furan rings is 1. The molecule has 2 aliphatic heterocycles. The van der Waals surface area contributed by atoms with Gasteiger partial charge in [-0.25, -0.2) is 4.79 Å². The summed E-state index contributed by atoms with van der Waals surface area (Å²) < 4.78 is 5.29. The van der Waals surface area contributed by atoms with Crippen molar-refractivity contribution in [3.05, 3.63) is 75.4 Å². The Morgan fingerprint density at radius 1 is 1.28 bits per heavy atom. The van der Waals surface area contributed by atoms with Crippen LogP contribution < -0.4 is 10.6 Å². The van der Waals surface area contributed by atoms with Crippen molar-refractivity contribution in [2.45, 2.75) is 45.8 Å². The zero-order chi connectivity index (χ0) is 26.0. The second-order valence-corrected chi connectivity index (χ2v) is 9.21. The SMILES string of the molecule is CCN1C(=O)NC(c2cccc([N+](=O)[O-])c2)C2=C1CN(C(CC(C)C)C(=O)NCc1ccco1)C2=O. The smallest absolute Gasteiger partial charge is 0.322 e. The zero-order valence-electron chi connectivity index (χ0n) is 20.4. The summed E-state index contributed by atoms with van der Waals surface area (Å²) >= 11 is 0. The molecule has 1 aromatic heterocycles. The van der Waals surface area contributed by atoms with Gasteiger partial charge in [-0.3, -0.25) is 24.6 Å². The van der Waals surface area contributed by atoms with Crippen molar-refractivity contribution < 1.29 is 23.7 Å². The summed E-state index contributed by atoms with van der Waals surface area (Å²) in [5.74, 6) is 0.0141. The predicted octanol–water partition coefficient (Wildman–Crippen LogP) is 3.10. The van der Waals surface area contributed by atoms with Gasteiger partial charge in [-0.05, 0) is 37.0 Å². The van der Waals surface area contributed by atoms with Crippen LogP contribution in [-0.4, -0.2) is 51.7 Å². The van der Waals surface area contributed by atoms with Gasteiger partial charge >= 0.3 is 6.03 Å². The first-order valence-electron chi connectivity index (χ1n) is 11.9. The van der Waals surface area contributed by atoms with Gasteiger partial charge in [0.25, 0.3) is 11.6 Å². The van der Waals surface area contributed by atoms with Crippen molar-refractivity contribution in [3.8, 4) is 0 Å². The molecule has 4 rings (SSSR count). The van der Waals surface area contributed by atoms with E-state index in [4.69, 9.17) is 4.42 Å². The highest BCUT2D eigenvalue weighted by atomic mass is 16.6. The number of urea groups is 1. The first kappa shape index (κ1) is 25.0. The molecule has 2 aromatic rings. The van der Waals surface area contributed by atoms with E-state index in [-0.39, 0.29) is 36.5 Å². The maximum absolute atomic E-state index is 13.8. The molecule has 36 heavy (non-hydrogen) atoms. The number of rotatable bonds is 9. The lowest BCUT2D eigenvalue weighted by atomic mass is 9.95. The zero-order valence-corrected chi connectivity index (χ0v) is 20.4. The molecular weight excluding hydrogens is 466 g/mol. The Hall–Kier alpha value is -4.15. The number of carbonyl (C=O) groups is 3. The summed E-state index contributed by atoms with van der Waals surface area (Å²) in [7, 11) is 0. The Bertz CT molecular complexity index is 1210. The third-order valence-corrected chi connectivity index (χ3v) is 6.37. The molecule has 11 nitrogen and oxygen atoms in total. The van der Waals surface area contributed by atoms with Crippen LogP contribution in [0.5, 0.6) is 0 Å². The topological polar surface area (TPSA) is 138 Å². The summed E-state index contributed by atoms with van der Waals surface area (Å²) in [5.41, 5.74) is 1.12. The number of non-ortho nitro benzene ring substituents is 1. The molecule has 2 unspecified atom stereocenters. The minimum atomic E-state index is -0.862. The number of likely N-dealkylation sites (N-methyl/N-ethyl adjacent to an activating group) is 1. The normalized spacial score (nSPS) is 18.4. The van der Waals surface area contributed by atoms with Crippen LogP contribution >= 0.6 is 0 Å². The molecule has 3 heterocycles. The molecule has 2 atom stereocenters. The second kappa shape index (κ2) is 10.2. The van der Waals surface area contributed by atoms with Crippen molar-refractivity contribution in [3.63, 3.8) is 0 Å². The lowest BCUT2D eigenvalue weighted by Gasteiger charge is -2.32. The lowest BCUT2D eigenvalue weighted by Crippen LogP contribution is -2.49. The maximum Gasteiger partial charge on any atom is 0.322 e. The van der Waals surface area contributed by atoms with Gasteiger partial charge in [0.15, 0.2) is 0 Å². The van der Waals surface area contributed by atoms with Crippen LogP contribution in [0, 0.1) is 16.0 Å². The van der Waals surface area contributed by atoms with E-state index >= 15 is 0 Å². The van der Waals surface area contributed by atoms with Crippen LogP contribution in [0.2, 0.25) is 0 Å². The van der Waals surface area contributed by atoms with Gasteiger partial charge in [0.05, 0.1) is 41.6 Å². The number of nitro benzene ring substituents is 1. The van der Waals surface area contributed by atoms with Gasteiger partial charge < -0.3 is 20.0 Å². The second-order valence-electron chi connectivity index (χ2n) is 9.21. The van der Waals surface area contributed by atoms with E-state index in [2.05, 4.69) is 10.6 Å². The molecule has 190 valence electrons. The fourth-order valence-corrected chi connectivity index (χ4v) is 4.70. The van der Waals surface area contributed by atoms with E-state index in [1.165, 1.54) is 34.3 Å². The number of nitrogens with zero attached hydrogens (tertiary/aromatic N) is 3. The van der Waals surface area contributed by atoms with E-state index in [0.717, 1.165) is 0 Å². The Labute approximate surface area is 208 Å². The summed E-state index contributed by atoms with van der Waals surface area (Å²) in [6.07, 6.45) is 1.94. The monoisotopic (exact) mass is 495 g/mol. The summed E-state index contributed by atoms with van der Waals surface area (Å²) in [6, 6.07) is 7.32. The van der Waals surface area contributed by atoms with Crippen LogP contribution in [0.15, 0.2) is 58.3 Å². The number of benzene rings is 1. The number of nitro groups is 1. The quantitative estimate of drug-likeness (QED) is 0.405. The van der Waals surface area contributed by atoms with Gasteiger partial charge in [0.2, 0.25) is 5.91 Å². The van der Waals surface area contributed by atoms with E-state index in [1.54, 1.807) is 25.1 Å². The molecule has 0 saturated heterocycles. The largest absolute Gasteiger partial charge is 0.467 e. The van der Waals surface area contributed by atoms with Crippen molar-refractivity contribution in [1.29, 1.82) is 0 Å². The van der Waals surface area contributed by atoms with Gasteiger partial charge in [-0.15, -0.1) is 0 Å². The molecule has 11 heteroatoms. The summed E-state index contributed by atoms with van der Waals surface area (Å²) in [6.45, 7) is 6.34. The molecule has 0 bridgehead atoms. The van der Waals surface area contributed by atoms with Gasteiger partial charge in [-0.1, -0.05) is 26.0 Å². The van der Waals surface area contributed by atoms with Crippen molar-refractivity contribution in [2.24, 2.45) is 5.92 Å². The minimum absolute atomic E-state index is 0.0897. The summed E-state index contributed by atoms with van der Waals surface area (Å²) in [5, 5.41) is 17.0. The molecule has 0 saturated carbocycles. The summed E-state index contributed by atoms with van der Waals surface area (Å²) in [4.78, 5) is 53.8. The Morgan fingerprint density at radius 2 is 2.06 bits per heavy atom. The molecule has 4 amide bonds. The van der Waals surface area contributed by atoms with Crippen molar-refractivity contribution >= 4 is 23.5 Å². The Morgan fingerprint density at radius 3 is 2.69 bits per heavy atom. The average molecular weight is 496 g/mol. The highest BCUT2D eigenvalue weighted by Gasteiger charge is 2.47. The Kier molecular flexibility index (Phi) is 7.09. The van der Waals surface area contributed by atoms with Gasteiger partial charge in [0, 0.05) is 18.7 Å². The van der Waals surface area contributed by atoms with Crippen LogP contribution in [0.25, 0.3) is 0 Å². The van der Waals surface area contributed by atoms with Crippen LogP contribution in [0.4, 0.5) is 10.5 Å². The molecule has 1 aromatic carbocycles. The molecule has 0 radical (unpaired) electrons. The highest BCUT2D eigenvalue weighted by molar-refractivity contribution is 6.03. The molecule has 0 fully saturated rings. The first-order chi connectivity index (χ1) is 17.2. The first-order valence-corrected chi connectivity index (χ1v) is 11.9. The molecule has 0 aliphatic carbocycles. The van der Waals surface area contributed by atoms with Gasteiger partial charge in [-0.2, -0.15) is 0 Å². The minimum Gasteiger partial charge on any atom is -0.467 e. The molecular formula is C25H29N5O6. The van der Waals surface area contributed by atoms with E-state index in [1.807, 2.05) is 13.8 Å². The fourth-order valence-electron chi connectivity index (χ4n) is 4.70. The molecule has 2 N–H and O–H groups in total. The Balaban J connectivity index is 1.67. The predicted molar refractivity (Wildman–Crippen MR) is 129 cm³/mol. The standard InChI is InChI=1S/C25H29N5O6/c1-4-28-20-14-29(19(11-15(2)3)23(31)26-13-18-9-6-10-36-18)24(32)21(20)22(27-25(28)33)16-7-5-8-17(12-16)30(34)35/h5-10,12,15,19,22H,4,11,13-14H2,1-3H3,(H,26,31)(H,27,33). The molecule has 0 spiro atoms. The third-order valence-electron chi connectivity index (χ3n) is 6.37. The number of hydrogen-bond donors (Lipinski definition) is 2.